The summed E-state index contributed by atoms with van der Waals surface area (Å²) in [6.45, 7) is 1.46. The van der Waals surface area contributed by atoms with Gasteiger partial charge in [0.1, 0.15) is 0 Å². The maximum Gasteiger partial charge on any atom is 0.321 e. The molecule has 20 heavy (non-hydrogen) atoms. The zero-order valence-corrected chi connectivity index (χ0v) is 13.4. The third kappa shape index (κ3) is 3.71. The summed E-state index contributed by atoms with van der Waals surface area (Å²) < 4.78 is 25.0. The quantitative estimate of drug-likeness (QED) is 0.868. The molecule has 0 bridgehead atoms. The molecule has 0 spiro atoms. The van der Waals surface area contributed by atoms with Gasteiger partial charge < -0.3 is 10.2 Å². The van der Waals surface area contributed by atoms with Crippen LogP contribution in [0.15, 0.2) is 28.7 Å². The van der Waals surface area contributed by atoms with Crippen LogP contribution in [0.2, 0.25) is 0 Å². The topological polar surface area (TPSA) is 69.7 Å². The van der Waals surface area contributed by atoms with E-state index in [2.05, 4.69) is 21.2 Å². The Balaban J connectivity index is 1.94. The number of amides is 2. The minimum Gasteiger partial charge on any atom is -0.322 e. The molecule has 1 aromatic carbocycles. The van der Waals surface area contributed by atoms with Gasteiger partial charge in [-0.1, -0.05) is 12.1 Å². The second-order valence-electron chi connectivity index (χ2n) is 4.56. The number of halogens is 1. The van der Waals surface area contributed by atoms with Gasteiger partial charge in [-0.15, -0.1) is 0 Å². The first-order chi connectivity index (χ1) is 9.38. The molecule has 0 aromatic heterocycles. The summed E-state index contributed by atoms with van der Waals surface area (Å²) in [7, 11) is -3.17. The summed E-state index contributed by atoms with van der Waals surface area (Å²) >= 11 is 3.36. The van der Waals surface area contributed by atoms with Crippen LogP contribution in [0.1, 0.15) is 0 Å². The lowest BCUT2D eigenvalue weighted by Gasteiger charge is -2.33. The highest BCUT2D eigenvalue weighted by atomic mass is 79.9. The van der Waals surface area contributed by atoms with Gasteiger partial charge in [-0.05, 0) is 28.1 Å². The number of hydrogen-bond acceptors (Lipinski definition) is 3. The smallest absolute Gasteiger partial charge is 0.321 e. The number of nitrogens with zero attached hydrogens (tertiary/aromatic N) is 2. The van der Waals surface area contributed by atoms with E-state index in [0.29, 0.717) is 31.9 Å². The SMILES string of the molecule is CS(=O)(=O)N1CCN(C(=O)Nc2ccccc2Br)CC1. The van der Waals surface area contributed by atoms with Crippen molar-refractivity contribution in [1.82, 2.24) is 9.21 Å². The minimum absolute atomic E-state index is 0.218. The highest BCUT2D eigenvalue weighted by molar-refractivity contribution is 9.10. The van der Waals surface area contributed by atoms with Crippen LogP contribution in [0.25, 0.3) is 0 Å². The summed E-state index contributed by atoms with van der Waals surface area (Å²) in [6.07, 6.45) is 1.18. The van der Waals surface area contributed by atoms with E-state index in [9.17, 15) is 13.2 Å². The number of carbonyl (C=O) groups is 1. The Morgan fingerprint density at radius 3 is 2.35 bits per heavy atom. The van der Waals surface area contributed by atoms with Gasteiger partial charge in [0.25, 0.3) is 0 Å². The molecule has 0 unspecified atom stereocenters. The molecule has 1 heterocycles. The second kappa shape index (κ2) is 6.11. The Hall–Kier alpha value is -1.12. The minimum atomic E-state index is -3.17. The largest absolute Gasteiger partial charge is 0.322 e. The summed E-state index contributed by atoms with van der Waals surface area (Å²) in [5.74, 6) is 0. The van der Waals surface area contributed by atoms with Crippen molar-refractivity contribution in [3.8, 4) is 0 Å². The molecule has 1 aliphatic heterocycles. The molecule has 0 aliphatic carbocycles. The first-order valence-corrected chi connectivity index (χ1v) is 8.77. The van der Waals surface area contributed by atoms with Crippen molar-refractivity contribution in [3.63, 3.8) is 0 Å². The number of anilines is 1. The van der Waals surface area contributed by atoms with Crippen molar-refractivity contribution in [2.75, 3.05) is 37.8 Å². The maximum absolute atomic E-state index is 12.1. The molecule has 0 atom stereocenters. The van der Waals surface area contributed by atoms with Crippen LogP contribution < -0.4 is 5.32 Å². The molecule has 110 valence electrons. The van der Waals surface area contributed by atoms with Gasteiger partial charge in [-0.25, -0.2) is 13.2 Å². The summed E-state index contributed by atoms with van der Waals surface area (Å²) in [5.41, 5.74) is 0.697. The Morgan fingerprint density at radius 1 is 1.20 bits per heavy atom. The predicted octanol–water partition coefficient (Wildman–Crippen LogP) is 1.56. The zero-order chi connectivity index (χ0) is 14.8. The highest BCUT2D eigenvalue weighted by Crippen LogP contribution is 2.21. The van der Waals surface area contributed by atoms with Gasteiger partial charge in [-0.3, -0.25) is 0 Å². The average molecular weight is 362 g/mol. The van der Waals surface area contributed by atoms with Crippen LogP contribution in [0, 0.1) is 0 Å². The zero-order valence-electron chi connectivity index (χ0n) is 11.0. The van der Waals surface area contributed by atoms with Crippen molar-refractivity contribution in [2.24, 2.45) is 0 Å². The molecular weight excluding hydrogens is 346 g/mol. The monoisotopic (exact) mass is 361 g/mol. The molecule has 0 radical (unpaired) electrons. The lowest BCUT2D eigenvalue weighted by Crippen LogP contribution is -2.51. The number of para-hydroxylation sites is 1. The number of sulfonamides is 1. The van der Waals surface area contributed by atoms with Crippen LogP contribution in [-0.2, 0) is 10.0 Å². The molecule has 8 heteroatoms. The Morgan fingerprint density at radius 2 is 1.80 bits per heavy atom. The molecule has 1 fully saturated rings. The lowest BCUT2D eigenvalue weighted by atomic mass is 10.3. The highest BCUT2D eigenvalue weighted by Gasteiger charge is 2.26. The van der Waals surface area contributed by atoms with E-state index in [4.69, 9.17) is 0 Å². The normalized spacial score (nSPS) is 17.0. The van der Waals surface area contributed by atoms with Crippen molar-refractivity contribution in [3.05, 3.63) is 28.7 Å². The molecule has 2 amide bonds. The van der Waals surface area contributed by atoms with Gasteiger partial charge in [0, 0.05) is 30.7 Å². The number of piperazine rings is 1. The summed E-state index contributed by atoms with van der Waals surface area (Å²) in [6, 6.07) is 7.13. The second-order valence-corrected chi connectivity index (χ2v) is 7.40. The van der Waals surface area contributed by atoms with Gasteiger partial charge >= 0.3 is 6.03 Å². The maximum atomic E-state index is 12.1. The van der Waals surface area contributed by atoms with E-state index >= 15 is 0 Å². The van der Waals surface area contributed by atoms with Crippen molar-refractivity contribution in [1.29, 1.82) is 0 Å². The van der Waals surface area contributed by atoms with E-state index in [0.717, 1.165) is 4.47 Å². The number of benzene rings is 1. The van der Waals surface area contributed by atoms with E-state index in [1.807, 2.05) is 18.2 Å². The third-order valence-corrected chi connectivity index (χ3v) is 5.11. The van der Waals surface area contributed by atoms with Crippen molar-refractivity contribution in [2.45, 2.75) is 0 Å². The number of nitrogens with one attached hydrogen (secondary N) is 1. The first-order valence-electron chi connectivity index (χ1n) is 6.13. The van der Waals surface area contributed by atoms with Gasteiger partial charge in [0.05, 0.1) is 11.9 Å². The standard InChI is InChI=1S/C12H16BrN3O3S/c1-20(18,19)16-8-6-15(7-9-16)12(17)14-11-5-3-2-4-10(11)13/h2-5H,6-9H2,1H3,(H,14,17). The fraction of sp³-hybridized carbons (Fsp3) is 0.417. The summed E-state index contributed by atoms with van der Waals surface area (Å²) in [5, 5.41) is 2.81. The summed E-state index contributed by atoms with van der Waals surface area (Å²) in [4.78, 5) is 13.7. The molecule has 0 saturated carbocycles. The fourth-order valence-corrected chi connectivity index (χ4v) is 3.19. The molecule has 1 aliphatic rings. The Kier molecular flexibility index (Phi) is 4.66. The van der Waals surface area contributed by atoms with Crippen LogP contribution >= 0.6 is 15.9 Å². The van der Waals surface area contributed by atoms with Crippen LogP contribution in [-0.4, -0.2) is 56.1 Å². The van der Waals surface area contributed by atoms with Crippen LogP contribution in [0.4, 0.5) is 10.5 Å². The van der Waals surface area contributed by atoms with Gasteiger partial charge in [0.15, 0.2) is 0 Å². The number of hydrogen-bond donors (Lipinski definition) is 1. The van der Waals surface area contributed by atoms with Crippen molar-refractivity contribution < 1.29 is 13.2 Å². The number of rotatable bonds is 2. The van der Waals surface area contributed by atoms with E-state index < -0.39 is 10.0 Å². The van der Waals surface area contributed by atoms with E-state index in [1.165, 1.54) is 10.6 Å². The van der Waals surface area contributed by atoms with Gasteiger partial charge in [0.2, 0.25) is 10.0 Å². The predicted molar refractivity (Wildman–Crippen MR) is 81.2 cm³/mol. The molecule has 2 rings (SSSR count). The number of carbonyl (C=O) groups excluding carboxylic acids is 1. The third-order valence-electron chi connectivity index (χ3n) is 3.11. The van der Waals surface area contributed by atoms with Crippen LogP contribution in [0.5, 0.6) is 0 Å². The molecule has 1 aromatic rings. The Bertz CT molecular complexity index is 598. The molecule has 1 N–H and O–H groups in total. The Labute approximate surface area is 126 Å². The van der Waals surface area contributed by atoms with Crippen LogP contribution in [0.3, 0.4) is 0 Å². The van der Waals surface area contributed by atoms with Gasteiger partial charge in [-0.2, -0.15) is 4.31 Å². The molecule has 1 saturated heterocycles. The number of urea groups is 1. The lowest BCUT2D eigenvalue weighted by molar-refractivity contribution is 0.184. The van der Waals surface area contributed by atoms with Crippen molar-refractivity contribution >= 4 is 37.7 Å². The first kappa shape index (κ1) is 15.3. The molecular formula is C12H16BrN3O3S. The van der Waals surface area contributed by atoms with E-state index in [1.54, 1.807) is 11.0 Å². The average Bonchev–Trinajstić information content (AvgIpc) is 2.40. The van der Waals surface area contributed by atoms with E-state index in [-0.39, 0.29) is 6.03 Å². The fourth-order valence-electron chi connectivity index (χ4n) is 1.98. The molecule has 6 nitrogen and oxygen atoms in total.